The maximum Gasteiger partial charge on any atom is 0.344 e. The second-order valence-corrected chi connectivity index (χ2v) is 6.58. The van der Waals surface area contributed by atoms with Crippen molar-refractivity contribution in [1.29, 1.82) is 0 Å². The van der Waals surface area contributed by atoms with E-state index >= 15 is 0 Å². The van der Waals surface area contributed by atoms with Gasteiger partial charge in [0.2, 0.25) is 0 Å². The van der Waals surface area contributed by atoms with Crippen LogP contribution in [0.3, 0.4) is 0 Å². The van der Waals surface area contributed by atoms with Crippen molar-refractivity contribution in [1.82, 2.24) is 5.16 Å². The monoisotopic (exact) mass is 411 g/mol. The molecular weight excluding hydrogens is 397 g/mol. The molecular formula is C22H15ClFNO4. The lowest BCUT2D eigenvalue weighted by atomic mass is 10.1. The van der Waals surface area contributed by atoms with Crippen molar-refractivity contribution in [2.45, 2.75) is 6.61 Å². The third-order valence-electron chi connectivity index (χ3n) is 4.26. The predicted molar refractivity (Wildman–Crippen MR) is 106 cm³/mol. The average molecular weight is 412 g/mol. The van der Waals surface area contributed by atoms with Gasteiger partial charge in [-0.15, -0.1) is 0 Å². The van der Waals surface area contributed by atoms with Crippen molar-refractivity contribution in [3.05, 3.63) is 83.1 Å². The van der Waals surface area contributed by atoms with Crippen LogP contribution >= 0.6 is 11.6 Å². The number of rotatable bonds is 6. The van der Waals surface area contributed by atoms with E-state index in [-0.39, 0.29) is 29.6 Å². The molecule has 0 amide bonds. The van der Waals surface area contributed by atoms with Crippen LogP contribution in [0.2, 0.25) is 5.02 Å². The molecule has 7 heteroatoms. The van der Waals surface area contributed by atoms with Crippen molar-refractivity contribution in [2.75, 3.05) is 6.61 Å². The lowest BCUT2D eigenvalue weighted by molar-refractivity contribution is -0.147. The van der Waals surface area contributed by atoms with E-state index in [9.17, 15) is 9.18 Å². The third-order valence-corrected chi connectivity index (χ3v) is 4.62. The molecule has 5 nitrogen and oxygen atoms in total. The fourth-order valence-electron chi connectivity index (χ4n) is 2.83. The van der Waals surface area contributed by atoms with Crippen molar-refractivity contribution in [3.8, 4) is 17.0 Å². The van der Waals surface area contributed by atoms with Crippen LogP contribution in [0.25, 0.3) is 22.2 Å². The minimum Gasteiger partial charge on any atom is -0.480 e. The highest BCUT2D eigenvalue weighted by Gasteiger charge is 2.19. The lowest BCUT2D eigenvalue weighted by Crippen LogP contribution is -2.14. The van der Waals surface area contributed by atoms with Gasteiger partial charge in [0.05, 0.1) is 5.39 Å². The van der Waals surface area contributed by atoms with E-state index in [1.165, 1.54) is 6.07 Å². The number of carbonyl (C=O) groups is 1. The smallest absolute Gasteiger partial charge is 0.344 e. The second kappa shape index (κ2) is 8.32. The molecule has 0 N–H and O–H groups in total. The number of ether oxygens (including phenoxy) is 2. The van der Waals surface area contributed by atoms with E-state index in [0.29, 0.717) is 16.6 Å². The van der Waals surface area contributed by atoms with Crippen molar-refractivity contribution < 1.29 is 23.2 Å². The molecule has 1 aromatic heterocycles. The zero-order valence-corrected chi connectivity index (χ0v) is 15.9. The van der Waals surface area contributed by atoms with Gasteiger partial charge in [0.25, 0.3) is 0 Å². The first-order chi connectivity index (χ1) is 14.1. The maximum atomic E-state index is 14.1. The molecule has 0 aliphatic heterocycles. The van der Waals surface area contributed by atoms with Gasteiger partial charge in [-0.1, -0.05) is 59.2 Å². The summed E-state index contributed by atoms with van der Waals surface area (Å²) in [4.78, 5) is 11.9. The van der Waals surface area contributed by atoms with Crippen molar-refractivity contribution in [3.63, 3.8) is 0 Å². The first-order valence-electron chi connectivity index (χ1n) is 8.78. The molecule has 0 bridgehead atoms. The number of aromatic nitrogens is 1. The molecule has 0 spiro atoms. The number of hydrogen-bond donors (Lipinski definition) is 0. The molecule has 0 fully saturated rings. The number of hydrogen-bond acceptors (Lipinski definition) is 5. The summed E-state index contributed by atoms with van der Waals surface area (Å²) in [5.41, 5.74) is 1.78. The SMILES string of the molecule is O=C(COc1ccc2c(-c3ccccc3F)noc2c1Cl)OCc1ccccc1. The molecule has 146 valence electrons. The molecule has 0 aliphatic rings. The van der Waals surface area contributed by atoms with Gasteiger partial charge in [-0.2, -0.15) is 0 Å². The summed E-state index contributed by atoms with van der Waals surface area (Å²) in [5.74, 6) is -0.706. The Morgan fingerprint density at radius 2 is 1.79 bits per heavy atom. The summed E-state index contributed by atoms with van der Waals surface area (Å²) >= 11 is 6.33. The maximum absolute atomic E-state index is 14.1. The molecule has 0 atom stereocenters. The van der Waals surface area contributed by atoms with Gasteiger partial charge in [0.15, 0.2) is 12.2 Å². The third kappa shape index (κ3) is 4.07. The van der Waals surface area contributed by atoms with E-state index in [4.69, 9.17) is 25.6 Å². The Labute approximate surface area is 170 Å². The Morgan fingerprint density at radius 1 is 1.03 bits per heavy atom. The molecule has 0 saturated heterocycles. The molecule has 3 aromatic carbocycles. The minimum absolute atomic E-state index is 0.147. The van der Waals surface area contributed by atoms with Crippen molar-refractivity contribution in [2.24, 2.45) is 0 Å². The lowest BCUT2D eigenvalue weighted by Gasteiger charge is -2.08. The summed E-state index contributed by atoms with van der Waals surface area (Å²) in [5, 5.41) is 4.63. The van der Waals surface area contributed by atoms with Crippen LogP contribution in [0, 0.1) is 5.82 Å². The van der Waals surface area contributed by atoms with Gasteiger partial charge in [0.1, 0.15) is 28.9 Å². The van der Waals surface area contributed by atoms with Crippen molar-refractivity contribution >= 4 is 28.5 Å². The molecule has 0 unspecified atom stereocenters. The number of fused-ring (bicyclic) bond motifs is 1. The molecule has 29 heavy (non-hydrogen) atoms. The standard InChI is InChI=1S/C22H15ClFNO4/c23-20-18(27-13-19(26)28-12-14-6-2-1-3-7-14)11-10-16-21(25-29-22(16)20)15-8-4-5-9-17(15)24/h1-11H,12-13H2. The summed E-state index contributed by atoms with van der Waals surface area (Å²) in [6.07, 6.45) is 0. The van der Waals surface area contributed by atoms with E-state index in [2.05, 4.69) is 5.16 Å². The average Bonchev–Trinajstić information content (AvgIpc) is 3.17. The highest BCUT2D eigenvalue weighted by Crippen LogP contribution is 2.38. The second-order valence-electron chi connectivity index (χ2n) is 6.20. The molecule has 4 aromatic rings. The van der Waals surface area contributed by atoms with Gasteiger partial charge in [-0.05, 0) is 29.8 Å². The first-order valence-corrected chi connectivity index (χ1v) is 9.16. The highest BCUT2D eigenvalue weighted by atomic mass is 35.5. The fourth-order valence-corrected chi connectivity index (χ4v) is 3.08. The highest BCUT2D eigenvalue weighted by molar-refractivity contribution is 6.36. The summed E-state index contributed by atoms with van der Waals surface area (Å²) in [6.45, 7) is -0.156. The number of nitrogens with zero attached hydrogens (tertiary/aromatic N) is 1. The summed E-state index contributed by atoms with van der Waals surface area (Å²) in [7, 11) is 0. The van der Waals surface area contributed by atoms with Gasteiger partial charge >= 0.3 is 5.97 Å². The number of carbonyl (C=O) groups excluding carboxylic acids is 1. The summed E-state index contributed by atoms with van der Waals surface area (Å²) in [6, 6.07) is 18.8. The van der Waals surface area contributed by atoms with Crippen LogP contribution in [0.5, 0.6) is 5.75 Å². The topological polar surface area (TPSA) is 61.6 Å². The summed E-state index contributed by atoms with van der Waals surface area (Å²) < 4.78 is 30.0. The first kappa shape index (κ1) is 19.0. The predicted octanol–water partition coefficient (Wildman–Crippen LogP) is 5.41. The van der Waals surface area contributed by atoms with Crippen LogP contribution in [0.1, 0.15) is 5.56 Å². The van der Waals surface area contributed by atoms with E-state index in [1.54, 1.807) is 30.3 Å². The van der Waals surface area contributed by atoms with Gasteiger partial charge < -0.3 is 14.0 Å². The van der Waals surface area contributed by atoms with E-state index in [0.717, 1.165) is 5.56 Å². The normalized spacial score (nSPS) is 10.8. The van der Waals surface area contributed by atoms with Crippen LogP contribution in [0.15, 0.2) is 71.3 Å². The van der Waals surface area contributed by atoms with Crippen LogP contribution in [-0.2, 0) is 16.1 Å². The van der Waals surface area contributed by atoms with E-state index in [1.807, 2.05) is 30.3 Å². The van der Waals surface area contributed by atoms with Crippen LogP contribution < -0.4 is 4.74 Å². The van der Waals surface area contributed by atoms with E-state index < -0.39 is 11.8 Å². The Bertz CT molecular complexity index is 1160. The number of benzene rings is 3. The Balaban J connectivity index is 1.47. The van der Waals surface area contributed by atoms with Gasteiger partial charge in [-0.25, -0.2) is 9.18 Å². The van der Waals surface area contributed by atoms with Crippen LogP contribution in [-0.4, -0.2) is 17.7 Å². The molecule has 0 aliphatic carbocycles. The fraction of sp³-hybridized carbons (Fsp3) is 0.0909. The molecule has 4 rings (SSSR count). The largest absolute Gasteiger partial charge is 0.480 e. The Kier molecular flexibility index (Phi) is 5.44. The zero-order valence-electron chi connectivity index (χ0n) is 15.1. The number of esters is 1. The number of halogens is 2. The zero-order chi connectivity index (χ0) is 20.2. The quantitative estimate of drug-likeness (QED) is 0.397. The molecule has 1 heterocycles. The van der Waals surface area contributed by atoms with Gasteiger partial charge in [-0.3, -0.25) is 0 Å². The molecule has 0 saturated carbocycles. The Morgan fingerprint density at radius 3 is 2.59 bits per heavy atom. The minimum atomic E-state index is -0.533. The Hall–Kier alpha value is -3.38. The van der Waals surface area contributed by atoms with Crippen LogP contribution in [0.4, 0.5) is 4.39 Å². The van der Waals surface area contributed by atoms with Gasteiger partial charge in [0, 0.05) is 5.56 Å². The molecule has 0 radical (unpaired) electrons.